The summed E-state index contributed by atoms with van der Waals surface area (Å²) in [5, 5.41) is 0. The number of likely N-dealkylation sites (tertiary alicyclic amines) is 2. The number of carbonyl (C=O) groups is 3. The smallest absolute Gasteiger partial charge is 0.242 e. The number of amides is 3. The van der Waals surface area contributed by atoms with Crippen molar-refractivity contribution in [2.45, 2.75) is 38.0 Å². The largest absolute Gasteiger partial charge is 0.341 e. The molecule has 3 amide bonds. The minimum absolute atomic E-state index is 0.155. The van der Waals surface area contributed by atoms with Gasteiger partial charge in [0.05, 0.1) is 0 Å². The van der Waals surface area contributed by atoms with E-state index in [0.717, 1.165) is 29.7 Å². The molecule has 0 radical (unpaired) electrons. The molecule has 6 heteroatoms. The number of hydrogen-bond acceptors (Lipinski definition) is 3. The van der Waals surface area contributed by atoms with Crippen LogP contribution in [0.2, 0.25) is 0 Å². The Labute approximate surface area is 140 Å². The number of hydrogen-bond donors (Lipinski definition) is 0. The number of imide groups is 1. The van der Waals surface area contributed by atoms with Crippen LogP contribution in [-0.4, -0.2) is 47.2 Å². The van der Waals surface area contributed by atoms with Crippen molar-refractivity contribution in [3.63, 3.8) is 0 Å². The Hall–Kier alpha value is -2.24. The summed E-state index contributed by atoms with van der Waals surface area (Å²) in [5.41, 5.74) is 1.02. The zero-order valence-electron chi connectivity index (χ0n) is 13.5. The molecule has 1 unspecified atom stereocenters. The maximum atomic E-state index is 13.1. The van der Waals surface area contributed by atoms with Crippen LogP contribution in [0.1, 0.15) is 43.6 Å². The van der Waals surface area contributed by atoms with Crippen LogP contribution in [0.15, 0.2) is 24.3 Å². The summed E-state index contributed by atoms with van der Waals surface area (Å²) in [6.07, 6.45) is 3.23. The van der Waals surface area contributed by atoms with Gasteiger partial charge in [-0.2, -0.15) is 0 Å². The van der Waals surface area contributed by atoms with Gasteiger partial charge in [0.15, 0.2) is 0 Å². The van der Waals surface area contributed by atoms with E-state index in [4.69, 9.17) is 0 Å². The quantitative estimate of drug-likeness (QED) is 0.796. The van der Waals surface area contributed by atoms with Crippen LogP contribution in [0.25, 0.3) is 0 Å². The van der Waals surface area contributed by atoms with Gasteiger partial charge in [0, 0.05) is 31.8 Å². The van der Waals surface area contributed by atoms with Crippen LogP contribution < -0.4 is 0 Å². The highest BCUT2D eigenvalue weighted by Gasteiger charge is 2.32. The van der Waals surface area contributed by atoms with Gasteiger partial charge >= 0.3 is 0 Å². The molecular weight excluding hydrogens is 311 g/mol. The van der Waals surface area contributed by atoms with Crippen molar-refractivity contribution in [2.75, 3.05) is 19.6 Å². The van der Waals surface area contributed by atoms with Crippen molar-refractivity contribution >= 4 is 17.7 Å². The third-order valence-electron chi connectivity index (χ3n) is 4.81. The Morgan fingerprint density at radius 2 is 1.75 bits per heavy atom. The van der Waals surface area contributed by atoms with Crippen LogP contribution in [0, 0.1) is 5.82 Å². The second-order valence-corrected chi connectivity index (χ2v) is 6.46. The molecule has 128 valence electrons. The van der Waals surface area contributed by atoms with Crippen LogP contribution in [0.4, 0.5) is 4.39 Å². The highest BCUT2D eigenvalue weighted by Crippen LogP contribution is 2.27. The number of benzene rings is 1. The highest BCUT2D eigenvalue weighted by atomic mass is 19.1. The highest BCUT2D eigenvalue weighted by molar-refractivity contribution is 6.04. The average molecular weight is 332 g/mol. The molecule has 0 bridgehead atoms. The number of halogens is 1. The zero-order valence-corrected chi connectivity index (χ0v) is 13.5. The summed E-state index contributed by atoms with van der Waals surface area (Å²) in [6.45, 7) is 1.02. The number of rotatable bonds is 3. The van der Waals surface area contributed by atoms with Gasteiger partial charge in [0.2, 0.25) is 17.7 Å². The van der Waals surface area contributed by atoms with E-state index in [1.54, 1.807) is 17.0 Å². The van der Waals surface area contributed by atoms with Gasteiger partial charge in [-0.1, -0.05) is 18.6 Å². The van der Waals surface area contributed by atoms with Crippen molar-refractivity contribution in [3.05, 3.63) is 35.6 Å². The standard InChI is InChI=1S/C18H21FN2O3/c19-15-6-4-13(5-7-15)14-3-1-2-10-20(11-14)18(24)12-21-16(22)8-9-17(21)23/h4-7,14H,1-3,8-12H2. The van der Waals surface area contributed by atoms with E-state index in [1.807, 2.05) is 0 Å². The SMILES string of the molecule is O=C(CN1C(=O)CCC1=O)N1CCCCC(c2ccc(F)cc2)C1. The number of nitrogens with zero attached hydrogens (tertiary/aromatic N) is 2. The van der Waals surface area contributed by atoms with E-state index in [0.29, 0.717) is 13.1 Å². The summed E-state index contributed by atoms with van der Waals surface area (Å²) >= 11 is 0. The Morgan fingerprint density at radius 3 is 2.42 bits per heavy atom. The fraction of sp³-hybridized carbons (Fsp3) is 0.500. The predicted octanol–water partition coefficient (Wildman–Crippen LogP) is 2.07. The molecule has 2 aliphatic rings. The Morgan fingerprint density at radius 1 is 1.08 bits per heavy atom. The van der Waals surface area contributed by atoms with Gasteiger partial charge in [-0.15, -0.1) is 0 Å². The van der Waals surface area contributed by atoms with Crippen LogP contribution in [0.3, 0.4) is 0 Å². The third-order valence-corrected chi connectivity index (χ3v) is 4.81. The predicted molar refractivity (Wildman–Crippen MR) is 85.5 cm³/mol. The van der Waals surface area contributed by atoms with E-state index in [1.165, 1.54) is 12.1 Å². The van der Waals surface area contributed by atoms with Gasteiger partial charge in [-0.25, -0.2) is 4.39 Å². The molecule has 0 aromatic heterocycles. The lowest BCUT2D eigenvalue weighted by Gasteiger charge is -2.26. The number of carbonyl (C=O) groups excluding carboxylic acids is 3. The van der Waals surface area contributed by atoms with E-state index in [2.05, 4.69) is 0 Å². The second-order valence-electron chi connectivity index (χ2n) is 6.46. The fourth-order valence-corrected chi connectivity index (χ4v) is 3.41. The molecule has 0 aliphatic carbocycles. The summed E-state index contributed by atoms with van der Waals surface area (Å²) < 4.78 is 13.1. The maximum absolute atomic E-state index is 13.1. The van der Waals surface area contributed by atoms with E-state index < -0.39 is 0 Å². The second kappa shape index (κ2) is 7.11. The fourth-order valence-electron chi connectivity index (χ4n) is 3.41. The molecule has 5 nitrogen and oxygen atoms in total. The summed E-state index contributed by atoms with van der Waals surface area (Å²) in [7, 11) is 0. The van der Waals surface area contributed by atoms with Crippen molar-refractivity contribution < 1.29 is 18.8 Å². The van der Waals surface area contributed by atoms with Crippen LogP contribution in [-0.2, 0) is 14.4 Å². The summed E-state index contributed by atoms with van der Waals surface area (Å²) in [5.74, 6) is -0.836. The van der Waals surface area contributed by atoms with Crippen LogP contribution >= 0.6 is 0 Å². The molecule has 24 heavy (non-hydrogen) atoms. The first-order chi connectivity index (χ1) is 11.5. The van der Waals surface area contributed by atoms with Crippen molar-refractivity contribution in [1.82, 2.24) is 9.80 Å². The molecule has 1 aromatic carbocycles. The third kappa shape index (κ3) is 3.63. The lowest BCUT2D eigenvalue weighted by molar-refractivity contribution is -0.145. The first kappa shape index (κ1) is 16.6. The molecule has 1 aromatic rings. The molecule has 2 fully saturated rings. The molecule has 1 atom stereocenters. The minimum Gasteiger partial charge on any atom is -0.341 e. The molecule has 0 N–H and O–H groups in total. The lowest BCUT2D eigenvalue weighted by atomic mass is 9.94. The van der Waals surface area contributed by atoms with E-state index >= 15 is 0 Å². The first-order valence-electron chi connectivity index (χ1n) is 8.41. The van der Waals surface area contributed by atoms with Gasteiger partial charge in [0.1, 0.15) is 12.4 Å². The summed E-state index contributed by atoms with van der Waals surface area (Å²) in [4.78, 5) is 38.7. The monoisotopic (exact) mass is 332 g/mol. The summed E-state index contributed by atoms with van der Waals surface area (Å²) in [6, 6.07) is 6.41. The van der Waals surface area contributed by atoms with Gasteiger partial charge in [-0.05, 0) is 30.5 Å². The maximum Gasteiger partial charge on any atom is 0.242 e. The lowest BCUT2D eigenvalue weighted by Crippen LogP contribution is -2.43. The Balaban J connectivity index is 1.68. The van der Waals surface area contributed by atoms with Crippen molar-refractivity contribution in [3.8, 4) is 0 Å². The van der Waals surface area contributed by atoms with Gasteiger partial charge in [0.25, 0.3) is 0 Å². The Kier molecular flexibility index (Phi) is 4.92. The van der Waals surface area contributed by atoms with Crippen LogP contribution in [0.5, 0.6) is 0 Å². The molecule has 2 saturated heterocycles. The van der Waals surface area contributed by atoms with E-state index in [9.17, 15) is 18.8 Å². The topological polar surface area (TPSA) is 57.7 Å². The molecule has 0 spiro atoms. The zero-order chi connectivity index (χ0) is 17.1. The van der Waals surface area contributed by atoms with E-state index in [-0.39, 0.29) is 48.8 Å². The Bertz CT molecular complexity index is 628. The molecule has 0 saturated carbocycles. The van der Waals surface area contributed by atoms with Crippen molar-refractivity contribution in [2.24, 2.45) is 0 Å². The van der Waals surface area contributed by atoms with Crippen molar-refractivity contribution in [1.29, 1.82) is 0 Å². The molecule has 2 aliphatic heterocycles. The van der Waals surface area contributed by atoms with Gasteiger partial charge < -0.3 is 4.90 Å². The molecular formula is C18H21FN2O3. The minimum atomic E-state index is -0.272. The van der Waals surface area contributed by atoms with Gasteiger partial charge in [-0.3, -0.25) is 19.3 Å². The normalized spacial score (nSPS) is 22.0. The average Bonchev–Trinajstić information content (AvgIpc) is 2.79. The molecule has 2 heterocycles. The molecule has 3 rings (SSSR count). The first-order valence-corrected chi connectivity index (χ1v) is 8.41.